The Hall–Kier alpha value is -0.990. The summed E-state index contributed by atoms with van der Waals surface area (Å²) in [6, 6.07) is 0. The summed E-state index contributed by atoms with van der Waals surface area (Å²) in [4.78, 5) is 11.0. The average Bonchev–Trinajstić information content (AvgIpc) is 2.18. The van der Waals surface area contributed by atoms with Crippen LogP contribution in [0.15, 0.2) is 9.32 Å². The van der Waals surface area contributed by atoms with Crippen LogP contribution in [-0.2, 0) is 6.42 Å². The number of hydrogen-bond acceptors (Lipinski definition) is 2. The van der Waals surface area contributed by atoms with E-state index in [0.29, 0.717) is 5.92 Å². The van der Waals surface area contributed by atoms with Crippen molar-refractivity contribution < 1.29 is 4.52 Å². The Morgan fingerprint density at radius 2 is 2.18 bits per heavy atom. The van der Waals surface area contributed by atoms with Gasteiger partial charge in [-0.3, -0.25) is 0 Å². The smallest absolute Gasteiger partial charge is 0.339 e. The third kappa shape index (κ3) is 1.73. The van der Waals surface area contributed by atoms with Gasteiger partial charge in [-0.05, 0) is 19.3 Å². The molecular formula is C8H13NO2. The molecule has 0 bridgehead atoms. The fraction of sp³-hybridized carbons (Fsp3) is 0.625. The fourth-order valence-electron chi connectivity index (χ4n) is 1.04. The third-order valence-electron chi connectivity index (χ3n) is 1.61. The van der Waals surface area contributed by atoms with Crippen molar-refractivity contribution in [2.45, 2.75) is 27.2 Å². The second kappa shape index (κ2) is 2.95. The zero-order valence-corrected chi connectivity index (χ0v) is 7.10. The van der Waals surface area contributed by atoms with Crippen LogP contribution in [0, 0.1) is 12.8 Å². The molecule has 0 aromatic carbocycles. The van der Waals surface area contributed by atoms with E-state index in [0.717, 1.165) is 17.7 Å². The summed E-state index contributed by atoms with van der Waals surface area (Å²) >= 11 is 0. The lowest BCUT2D eigenvalue weighted by atomic mass is 10.0. The molecule has 1 N–H and O–H groups in total. The summed E-state index contributed by atoms with van der Waals surface area (Å²) < 4.78 is 4.62. The molecule has 3 heteroatoms. The van der Waals surface area contributed by atoms with Gasteiger partial charge >= 0.3 is 5.63 Å². The van der Waals surface area contributed by atoms with Crippen molar-refractivity contribution in [3.63, 3.8) is 0 Å². The highest BCUT2D eigenvalue weighted by Gasteiger charge is 2.09. The molecule has 0 saturated heterocycles. The molecule has 0 fully saturated rings. The molecule has 0 spiro atoms. The Morgan fingerprint density at radius 1 is 1.55 bits per heavy atom. The SMILES string of the molecule is Cc1[nH]oc(=O)c1CC(C)C. The average molecular weight is 155 g/mol. The first-order valence-electron chi connectivity index (χ1n) is 3.78. The molecule has 0 saturated carbocycles. The molecule has 1 rings (SSSR count). The van der Waals surface area contributed by atoms with E-state index in [1.165, 1.54) is 0 Å². The molecule has 3 nitrogen and oxygen atoms in total. The van der Waals surface area contributed by atoms with Crippen LogP contribution >= 0.6 is 0 Å². The third-order valence-corrected chi connectivity index (χ3v) is 1.61. The molecule has 62 valence electrons. The molecular weight excluding hydrogens is 142 g/mol. The van der Waals surface area contributed by atoms with Gasteiger partial charge in [0.2, 0.25) is 0 Å². The van der Waals surface area contributed by atoms with E-state index in [2.05, 4.69) is 23.5 Å². The summed E-state index contributed by atoms with van der Waals surface area (Å²) in [5.41, 5.74) is 1.40. The van der Waals surface area contributed by atoms with Gasteiger partial charge in [-0.25, -0.2) is 9.95 Å². The molecule has 1 aromatic heterocycles. The highest BCUT2D eigenvalue weighted by molar-refractivity contribution is 5.13. The van der Waals surface area contributed by atoms with Crippen LogP contribution in [0.1, 0.15) is 25.1 Å². The predicted molar refractivity (Wildman–Crippen MR) is 42.6 cm³/mol. The largest absolute Gasteiger partial charge is 0.360 e. The Labute approximate surface area is 65.4 Å². The number of aryl methyl sites for hydroxylation is 1. The monoisotopic (exact) mass is 155 g/mol. The first-order chi connectivity index (χ1) is 5.11. The van der Waals surface area contributed by atoms with Crippen LogP contribution in [0.5, 0.6) is 0 Å². The van der Waals surface area contributed by atoms with Crippen LogP contribution in [0.2, 0.25) is 0 Å². The van der Waals surface area contributed by atoms with Gasteiger partial charge < -0.3 is 4.52 Å². The van der Waals surface area contributed by atoms with Gasteiger partial charge in [-0.1, -0.05) is 13.8 Å². The standard InChI is InChI=1S/C8H13NO2/c1-5(2)4-7-6(3)9-11-8(7)10/h5,9H,4H2,1-3H3. The van der Waals surface area contributed by atoms with Gasteiger partial charge in [0.05, 0.1) is 11.3 Å². The van der Waals surface area contributed by atoms with Gasteiger partial charge in [-0.15, -0.1) is 0 Å². The summed E-state index contributed by atoms with van der Waals surface area (Å²) in [5, 5.41) is 2.55. The van der Waals surface area contributed by atoms with Crippen LogP contribution in [0.4, 0.5) is 0 Å². The van der Waals surface area contributed by atoms with Crippen LogP contribution in [0.3, 0.4) is 0 Å². The number of aromatic amines is 1. The lowest BCUT2D eigenvalue weighted by molar-refractivity contribution is 0.385. The normalized spacial score (nSPS) is 10.9. The highest BCUT2D eigenvalue weighted by Crippen LogP contribution is 2.06. The van der Waals surface area contributed by atoms with E-state index in [-0.39, 0.29) is 5.63 Å². The summed E-state index contributed by atoms with van der Waals surface area (Å²) in [6.45, 7) is 6.00. The van der Waals surface area contributed by atoms with Gasteiger partial charge in [0.25, 0.3) is 0 Å². The topological polar surface area (TPSA) is 46.0 Å². The van der Waals surface area contributed by atoms with Gasteiger partial charge in [-0.2, -0.15) is 0 Å². The number of nitrogens with one attached hydrogen (secondary N) is 1. The molecule has 0 amide bonds. The quantitative estimate of drug-likeness (QED) is 0.703. The lowest BCUT2D eigenvalue weighted by Crippen LogP contribution is -2.06. The maximum Gasteiger partial charge on any atom is 0.360 e. The van der Waals surface area contributed by atoms with E-state index in [9.17, 15) is 4.79 Å². The molecule has 0 radical (unpaired) electrons. The van der Waals surface area contributed by atoms with Gasteiger partial charge in [0.1, 0.15) is 0 Å². The summed E-state index contributed by atoms with van der Waals surface area (Å²) in [7, 11) is 0. The number of aromatic nitrogens is 1. The van der Waals surface area contributed by atoms with Crippen molar-refractivity contribution in [3.05, 3.63) is 21.7 Å². The second-order valence-electron chi connectivity index (χ2n) is 3.19. The van der Waals surface area contributed by atoms with E-state index >= 15 is 0 Å². The van der Waals surface area contributed by atoms with Crippen molar-refractivity contribution in [1.82, 2.24) is 5.16 Å². The van der Waals surface area contributed by atoms with E-state index in [1.807, 2.05) is 6.92 Å². The van der Waals surface area contributed by atoms with E-state index < -0.39 is 0 Å². The lowest BCUT2D eigenvalue weighted by Gasteiger charge is -1.99. The first-order valence-corrected chi connectivity index (χ1v) is 3.78. The van der Waals surface area contributed by atoms with Crippen LogP contribution in [-0.4, -0.2) is 5.16 Å². The minimum absolute atomic E-state index is 0.226. The van der Waals surface area contributed by atoms with Crippen molar-refractivity contribution in [3.8, 4) is 0 Å². The van der Waals surface area contributed by atoms with Crippen LogP contribution < -0.4 is 5.63 Å². The maximum absolute atomic E-state index is 11.0. The summed E-state index contributed by atoms with van der Waals surface area (Å²) in [5.74, 6) is 0.493. The molecule has 0 atom stereocenters. The summed E-state index contributed by atoms with van der Waals surface area (Å²) in [6.07, 6.45) is 0.789. The Morgan fingerprint density at radius 3 is 2.55 bits per heavy atom. The minimum Gasteiger partial charge on any atom is -0.339 e. The number of rotatable bonds is 2. The van der Waals surface area contributed by atoms with Crippen molar-refractivity contribution in [2.24, 2.45) is 5.92 Å². The molecule has 0 aliphatic carbocycles. The minimum atomic E-state index is -0.226. The molecule has 0 aliphatic heterocycles. The van der Waals surface area contributed by atoms with Crippen molar-refractivity contribution >= 4 is 0 Å². The molecule has 0 unspecified atom stereocenters. The number of H-pyrrole nitrogens is 1. The first kappa shape index (κ1) is 8.11. The maximum atomic E-state index is 11.0. The Balaban J connectivity index is 2.92. The predicted octanol–water partition coefficient (Wildman–Crippen LogP) is 1.47. The van der Waals surface area contributed by atoms with Gasteiger partial charge in [0.15, 0.2) is 0 Å². The van der Waals surface area contributed by atoms with Crippen molar-refractivity contribution in [1.29, 1.82) is 0 Å². The molecule has 1 heterocycles. The molecule has 1 aromatic rings. The highest BCUT2D eigenvalue weighted by atomic mass is 16.5. The van der Waals surface area contributed by atoms with E-state index in [4.69, 9.17) is 0 Å². The fourth-order valence-corrected chi connectivity index (χ4v) is 1.04. The van der Waals surface area contributed by atoms with E-state index in [1.54, 1.807) is 0 Å². The second-order valence-corrected chi connectivity index (χ2v) is 3.19. The van der Waals surface area contributed by atoms with Crippen LogP contribution in [0.25, 0.3) is 0 Å². The number of hydrogen-bond donors (Lipinski definition) is 1. The zero-order valence-electron chi connectivity index (χ0n) is 7.10. The zero-order chi connectivity index (χ0) is 8.43. The molecule has 0 aliphatic rings. The van der Waals surface area contributed by atoms with Gasteiger partial charge in [0, 0.05) is 0 Å². The molecule has 11 heavy (non-hydrogen) atoms. The Bertz CT molecular complexity index is 283. The Kier molecular flexibility index (Phi) is 2.17. The van der Waals surface area contributed by atoms with Crippen molar-refractivity contribution in [2.75, 3.05) is 0 Å².